The monoisotopic (exact) mass is 190 g/mol. The molecule has 2 heteroatoms. The van der Waals surface area contributed by atoms with E-state index in [0.29, 0.717) is 5.56 Å². The molecular weight excluding hydrogens is 176 g/mol. The zero-order valence-corrected chi connectivity index (χ0v) is 8.66. The van der Waals surface area contributed by atoms with E-state index in [2.05, 4.69) is 0 Å². The molecule has 0 saturated heterocycles. The van der Waals surface area contributed by atoms with Gasteiger partial charge in [0.1, 0.15) is 5.75 Å². The minimum Gasteiger partial charge on any atom is -0.507 e. The molecule has 0 aliphatic carbocycles. The third kappa shape index (κ3) is 2.46. The first kappa shape index (κ1) is 10.5. The minimum atomic E-state index is -0.0245. The number of hydrogen-bond donors (Lipinski definition) is 1. The summed E-state index contributed by atoms with van der Waals surface area (Å²) in [7, 11) is 0. The summed E-state index contributed by atoms with van der Waals surface area (Å²) in [5.74, 6) is 0.219. The zero-order chi connectivity index (χ0) is 10.7. The van der Waals surface area contributed by atoms with Gasteiger partial charge in [0, 0.05) is 5.56 Å². The Balaban J connectivity index is 3.14. The van der Waals surface area contributed by atoms with Crippen molar-refractivity contribution in [3.8, 4) is 5.75 Å². The number of hydrogen-bond acceptors (Lipinski definition) is 2. The molecule has 1 aromatic rings. The first-order valence-corrected chi connectivity index (χ1v) is 4.49. The molecule has 0 bridgehead atoms. The van der Waals surface area contributed by atoms with Gasteiger partial charge in [-0.3, -0.25) is 4.79 Å². The van der Waals surface area contributed by atoms with Gasteiger partial charge in [0.2, 0.25) is 0 Å². The van der Waals surface area contributed by atoms with Gasteiger partial charge in [0.05, 0.1) is 0 Å². The summed E-state index contributed by atoms with van der Waals surface area (Å²) in [5.41, 5.74) is 2.59. The average molecular weight is 190 g/mol. The van der Waals surface area contributed by atoms with E-state index in [1.165, 1.54) is 13.0 Å². The molecule has 0 radical (unpaired) electrons. The number of benzene rings is 1. The van der Waals surface area contributed by atoms with Gasteiger partial charge in [-0.2, -0.15) is 0 Å². The van der Waals surface area contributed by atoms with Crippen molar-refractivity contribution in [2.45, 2.75) is 20.8 Å². The summed E-state index contributed by atoms with van der Waals surface area (Å²) in [6.07, 6.45) is 3.09. The highest BCUT2D eigenvalue weighted by Crippen LogP contribution is 2.24. The smallest absolute Gasteiger partial charge is 0.152 e. The molecule has 0 aliphatic rings. The molecule has 1 N–H and O–H groups in total. The van der Waals surface area contributed by atoms with E-state index >= 15 is 0 Å². The number of carbonyl (C=O) groups is 1. The molecule has 74 valence electrons. The minimum absolute atomic E-state index is 0.0245. The number of aryl methyl sites for hydroxylation is 2. The molecule has 0 spiro atoms. The number of rotatable bonds is 2. The van der Waals surface area contributed by atoms with Crippen LogP contribution < -0.4 is 0 Å². The number of allylic oxidation sites excluding steroid dienone is 1. The van der Waals surface area contributed by atoms with Crippen molar-refractivity contribution in [2.75, 3.05) is 0 Å². The predicted molar refractivity (Wildman–Crippen MR) is 57.3 cm³/mol. The molecule has 0 atom stereocenters. The quantitative estimate of drug-likeness (QED) is 0.728. The molecule has 0 unspecified atom stereocenters. The SMILES string of the molecule is CC(=O)C=Cc1cc(C)cc(C)c1O. The van der Waals surface area contributed by atoms with Gasteiger partial charge in [0.15, 0.2) is 5.78 Å². The Morgan fingerprint density at radius 1 is 1.36 bits per heavy atom. The number of phenolic OH excluding ortho intramolecular Hbond substituents is 1. The Morgan fingerprint density at radius 2 is 2.00 bits per heavy atom. The first-order valence-electron chi connectivity index (χ1n) is 4.49. The molecule has 0 aliphatic heterocycles. The Morgan fingerprint density at radius 3 is 2.57 bits per heavy atom. The van der Waals surface area contributed by atoms with Crippen molar-refractivity contribution in [3.63, 3.8) is 0 Å². The molecule has 2 nitrogen and oxygen atoms in total. The molecule has 0 amide bonds. The van der Waals surface area contributed by atoms with Crippen molar-refractivity contribution in [1.29, 1.82) is 0 Å². The fourth-order valence-electron chi connectivity index (χ4n) is 1.33. The van der Waals surface area contributed by atoms with Crippen LogP contribution in [0.4, 0.5) is 0 Å². The molecule has 1 aromatic carbocycles. The fraction of sp³-hybridized carbons (Fsp3) is 0.250. The number of phenols is 1. The molecule has 14 heavy (non-hydrogen) atoms. The third-order valence-electron chi connectivity index (χ3n) is 1.97. The summed E-state index contributed by atoms with van der Waals surface area (Å²) in [6.45, 7) is 5.28. The maximum absolute atomic E-state index is 10.7. The standard InChI is InChI=1S/C12H14O2/c1-8-6-9(2)12(14)11(7-8)5-4-10(3)13/h4-7,14H,1-3H3. The van der Waals surface area contributed by atoms with E-state index in [0.717, 1.165) is 11.1 Å². The van der Waals surface area contributed by atoms with Crippen molar-refractivity contribution < 1.29 is 9.90 Å². The van der Waals surface area contributed by atoms with Crippen LogP contribution in [0.1, 0.15) is 23.6 Å². The van der Waals surface area contributed by atoms with E-state index in [4.69, 9.17) is 0 Å². The summed E-state index contributed by atoms with van der Waals surface area (Å²) in [6, 6.07) is 3.75. The van der Waals surface area contributed by atoms with Crippen LogP contribution in [0.25, 0.3) is 6.08 Å². The molecule has 0 aromatic heterocycles. The van der Waals surface area contributed by atoms with Gasteiger partial charge in [-0.25, -0.2) is 0 Å². The maximum atomic E-state index is 10.7. The second kappa shape index (κ2) is 4.09. The van der Waals surface area contributed by atoms with E-state index < -0.39 is 0 Å². The third-order valence-corrected chi connectivity index (χ3v) is 1.97. The molecule has 0 fully saturated rings. The van der Waals surface area contributed by atoms with Crippen molar-refractivity contribution in [1.82, 2.24) is 0 Å². The van der Waals surface area contributed by atoms with E-state index in [1.54, 1.807) is 6.08 Å². The van der Waals surface area contributed by atoms with Crippen LogP contribution in [-0.4, -0.2) is 10.9 Å². The second-order valence-electron chi connectivity index (χ2n) is 3.46. The lowest BCUT2D eigenvalue weighted by Crippen LogP contribution is -1.85. The van der Waals surface area contributed by atoms with Gasteiger partial charge in [-0.05, 0) is 44.6 Å². The topological polar surface area (TPSA) is 37.3 Å². The highest BCUT2D eigenvalue weighted by molar-refractivity contribution is 5.92. The van der Waals surface area contributed by atoms with Crippen LogP contribution in [0.15, 0.2) is 18.2 Å². The summed E-state index contributed by atoms with van der Waals surface area (Å²) < 4.78 is 0. The van der Waals surface area contributed by atoms with Crippen LogP contribution >= 0.6 is 0 Å². The Hall–Kier alpha value is -1.57. The van der Waals surface area contributed by atoms with Crippen LogP contribution in [0.2, 0.25) is 0 Å². The molecule has 0 saturated carbocycles. The normalized spacial score (nSPS) is 10.8. The number of aromatic hydroxyl groups is 1. The molecular formula is C12H14O2. The Bertz CT molecular complexity index is 390. The van der Waals surface area contributed by atoms with Crippen molar-refractivity contribution in [3.05, 3.63) is 34.9 Å². The largest absolute Gasteiger partial charge is 0.507 e. The molecule has 1 rings (SSSR count). The van der Waals surface area contributed by atoms with Gasteiger partial charge in [-0.15, -0.1) is 0 Å². The van der Waals surface area contributed by atoms with Crippen molar-refractivity contribution >= 4 is 11.9 Å². The second-order valence-corrected chi connectivity index (χ2v) is 3.46. The summed E-state index contributed by atoms with van der Waals surface area (Å²) in [4.78, 5) is 10.7. The number of carbonyl (C=O) groups excluding carboxylic acids is 1. The van der Waals surface area contributed by atoms with Crippen LogP contribution in [-0.2, 0) is 4.79 Å². The highest BCUT2D eigenvalue weighted by Gasteiger charge is 2.02. The Labute approximate surface area is 83.9 Å². The lowest BCUT2D eigenvalue weighted by Gasteiger charge is -2.04. The van der Waals surface area contributed by atoms with E-state index in [1.807, 2.05) is 26.0 Å². The van der Waals surface area contributed by atoms with Gasteiger partial charge in [0.25, 0.3) is 0 Å². The predicted octanol–water partition coefficient (Wildman–Crippen LogP) is 2.61. The lowest BCUT2D eigenvalue weighted by atomic mass is 10.1. The van der Waals surface area contributed by atoms with Gasteiger partial charge >= 0.3 is 0 Å². The molecule has 0 heterocycles. The van der Waals surface area contributed by atoms with Crippen LogP contribution in [0.3, 0.4) is 0 Å². The fourth-order valence-corrected chi connectivity index (χ4v) is 1.33. The van der Waals surface area contributed by atoms with Crippen LogP contribution in [0, 0.1) is 13.8 Å². The van der Waals surface area contributed by atoms with E-state index in [9.17, 15) is 9.90 Å². The van der Waals surface area contributed by atoms with Gasteiger partial charge in [-0.1, -0.05) is 11.6 Å². The van der Waals surface area contributed by atoms with E-state index in [-0.39, 0.29) is 11.5 Å². The Kier molecular flexibility index (Phi) is 3.07. The zero-order valence-electron chi connectivity index (χ0n) is 8.66. The first-order chi connectivity index (χ1) is 6.50. The lowest BCUT2D eigenvalue weighted by molar-refractivity contribution is -0.112. The summed E-state index contributed by atoms with van der Waals surface area (Å²) in [5, 5.41) is 9.67. The van der Waals surface area contributed by atoms with Crippen molar-refractivity contribution in [2.24, 2.45) is 0 Å². The highest BCUT2D eigenvalue weighted by atomic mass is 16.3. The van der Waals surface area contributed by atoms with Crippen LogP contribution in [0.5, 0.6) is 5.75 Å². The maximum Gasteiger partial charge on any atom is 0.152 e. The average Bonchev–Trinajstić information content (AvgIpc) is 2.08. The van der Waals surface area contributed by atoms with Gasteiger partial charge < -0.3 is 5.11 Å². The summed E-state index contributed by atoms with van der Waals surface area (Å²) >= 11 is 0. The number of ketones is 1.